The average Bonchev–Trinajstić information content (AvgIpc) is 3.37. The summed E-state index contributed by atoms with van der Waals surface area (Å²) in [6.45, 7) is 0. The molecule has 2 aliphatic heterocycles. The van der Waals surface area contributed by atoms with Gasteiger partial charge in [-0.25, -0.2) is 18.1 Å². The van der Waals surface area contributed by atoms with E-state index in [1.165, 1.54) is 13.2 Å². The molecule has 1 aromatic heterocycles. The molecule has 0 saturated carbocycles. The van der Waals surface area contributed by atoms with Crippen LogP contribution in [-0.4, -0.2) is 54.7 Å². The molecule has 0 atom stereocenters. The van der Waals surface area contributed by atoms with E-state index < -0.39 is 21.7 Å². The summed E-state index contributed by atoms with van der Waals surface area (Å²) in [5.74, 6) is -0.776. The Morgan fingerprint density at radius 3 is 2.58 bits per heavy atom. The number of carbonyl (C=O) groups excluding carboxylic acids is 2. The van der Waals surface area contributed by atoms with Crippen molar-refractivity contribution < 1.29 is 27.2 Å². The molecule has 10 nitrogen and oxygen atoms in total. The van der Waals surface area contributed by atoms with Crippen LogP contribution in [0.3, 0.4) is 0 Å². The first-order chi connectivity index (χ1) is 14.7. The number of nitrogens with zero attached hydrogens (tertiary/aromatic N) is 3. The molecule has 0 radical (unpaired) electrons. The molecule has 3 heterocycles. The number of esters is 1. The molecule has 0 saturated heterocycles. The molecule has 0 fully saturated rings. The van der Waals surface area contributed by atoms with Gasteiger partial charge in [0.2, 0.25) is 20.2 Å². The zero-order valence-electron chi connectivity index (χ0n) is 16.1. The lowest BCUT2D eigenvalue weighted by atomic mass is 10.1. The third-order valence-corrected chi connectivity index (χ3v) is 6.08. The van der Waals surface area contributed by atoms with Crippen molar-refractivity contribution in [3.05, 3.63) is 53.3 Å². The highest BCUT2D eigenvalue weighted by Crippen LogP contribution is 2.30. The predicted octanol–water partition coefficient (Wildman–Crippen LogP) is 2.35. The van der Waals surface area contributed by atoms with Crippen LogP contribution in [0.25, 0.3) is 17.4 Å². The summed E-state index contributed by atoms with van der Waals surface area (Å²) >= 11 is 0.723. The SMILES string of the molecule is COC(=O)c1ccc(-c2ccc(C=C3C(=N)N4C(=NC3=O)SN=C4S(C)(=O)=O)o2)cc1. The van der Waals surface area contributed by atoms with Crippen molar-refractivity contribution in [3.63, 3.8) is 0 Å². The van der Waals surface area contributed by atoms with Crippen molar-refractivity contribution in [3.8, 4) is 11.3 Å². The number of rotatable bonds is 3. The van der Waals surface area contributed by atoms with Crippen LogP contribution < -0.4 is 0 Å². The zero-order valence-corrected chi connectivity index (χ0v) is 17.8. The summed E-state index contributed by atoms with van der Waals surface area (Å²) < 4.78 is 38.1. The van der Waals surface area contributed by atoms with Gasteiger partial charge in [0, 0.05) is 11.8 Å². The van der Waals surface area contributed by atoms with Crippen LogP contribution in [0.5, 0.6) is 0 Å². The standard InChI is InChI=1S/C19H14N4O6S2/c1-28-17(25)11-5-3-10(4-6-11)14-8-7-12(29-14)9-13-15(20)23-18(21-16(13)24)30-22-19(23)31(2,26)27/h3-9,20H,1-2H3. The van der Waals surface area contributed by atoms with Crippen molar-refractivity contribution in [2.75, 3.05) is 13.4 Å². The molecule has 0 aliphatic carbocycles. The number of nitrogens with one attached hydrogen (secondary N) is 1. The van der Waals surface area contributed by atoms with E-state index in [0.29, 0.717) is 16.9 Å². The third kappa shape index (κ3) is 3.82. The fraction of sp³-hybridized carbons (Fsp3) is 0.105. The lowest BCUT2D eigenvalue weighted by Gasteiger charge is -2.23. The van der Waals surface area contributed by atoms with Gasteiger partial charge >= 0.3 is 5.97 Å². The van der Waals surface area contributed by atoms with Gasteiger partial charge in [0.05, 0.1) is 30.2 Å². The first kappa shape index (κ1) is 20.8. The minimum Gasteiger partial charge on any atom is -0.465 e. The largest absolute Gasteiger partial charge is 0.465 e. The third-order valence-electron chi connectivity index (χ3n) is 4.33. The molecule has 0 unspecified atom stereocenters. The Labute approximate surface area is 180 Å². The van der Waals surface area contributed by atoms with E-state index in [1.54, 1.807) is 36.4 Å². The molecule has 31 heavy (non-hydrogen) atoms. The maximum absolute atomic E-state index is 12.4. The molecule has 0 spiro atoms. The first-order valence-electron chi connectivity index (χ1n) is 8.66. The summed E-state index contributed by atoms with van der Waals surface area (Å²) in [5, 5.41) is 7.98. The second-order valence-corrected chi connectivity index (χ2v) is 9.09. The summed E-state index contributed by atoms with van der Waals surface area (Å²) in [6.07, 6.45) is 2.28. The lowest BCUT2D eigenvalue weighted by Crippen LogP contribution is -2.45. The lowest BCUT2D eigenvalue weighted by molar-refractivity contribution is -0.114. The maximum atomic E-state index is 12.4. The monoisotopic (exact) mass is 458 g/mol. The van der Waals surface area contributed by atoms with E-state index in [0.717, 1.165) is 23.1 Å². The number of fused-ring (bicyclic) bond motifs is 1. The molecule has 0 bridgehead atoms. The Kier molecular flexibility index (Phi) is 5.11. The van der Waals surface area contributed by atoms with E-state index in [9.17, 15) is 18.0 Å². The van der Waals surface area contributed by atoms with Gasteiger partial charge in [0.1, 0.15) is 17.4 Å². The molecular formula is C19H14N4O6S2. The number of amides is 1. The van der Waals surface area contributed by atoms with Crippen LogP contribution in [0.2, 0.25) is 0 Å². The summed E-state index contributed by atoms with van der Waals surface area (Å²) in [6, 6.07) is 9.82. The summed E-state index contributed by atoms with van der Waals surface area (Å²) in [4.78, 5) is 28.8. The number of aliphatic imine (C=N–C) groups is 1. The van der Waals surface area contributed by atoms with Crippen molar-refractivity contribution in [1.29, 1.82) is 5.41 Å². The zero-order chi connectivity index (χ0) is 22.3. The molecular weight excluding hydrogens is 444 g/mol. The van der Waals surface area contributed by atoms with Crippen LogP contribution in [0, 0.1) is 5.41 Å². The van der Waals surface area contributed by atoms with Crippen LogP contribution >= 0.6 is 11.9 Å². The number of sulfone groups is 1. The number of carbonyl (C=O) groups is 2. The molecule has 4 rings (SSSR count). The van der Waals surface area contributed by atoms with E-state index in [-0.39, 0.29) is 27.5 Å². The van der Waals surface area contributed by atoms with Crippen LogP contribution in [0.4, 0.5) is 0 Å². The van der Waals surface area contributed by atoms with Crippen LogP contribution in [-0.2, 0) is 19.4 Å². The Balaban J connectivity index is 1.63. The van der Waals surface area contributed by atoms with Gasteiger partial charge in [0.25, 0.3) is 5.91 Å². The molecule has 158 valence electrons. The molecule has 1 aromatic carbocycles. The Morgan fingerprint density at radius 2 is 1.94 bits per heavy atom. The predicted molar refractivity (Wildman–Crippen MR) is 115 cm³/mol. The van der Waals surface area contributed by atoms with Gasteiger partial charge in [-0.3, -0.25) is 10.2 Å². The van der Waals surface area contributed by atoms with Crippen molar-refractivity contribution in [1.82, 2.24) is 4.90 Å². The molecule has 2 aromatic rings. The normalized spacial score (nSPS) is 17.5. The minimum atomic E-state index is -3.72. The molecule has 12 heteroatoms. The number of benzene rings is 1. The highest BCUT2D eigenvalue weighted by molar-refractivity contribution is 8.16. The van der Waals surface area contributed by atoms with Crippen molar-refractivity contribution >= 4 is 55.9 Å². The average molecular weight is 458 g/mol. The number of methoxy groups -OCH3 is 1. The van der Waals surface area contributed by atoms with E-state index in [4.69, 9.17) is 9.83 Å². The fourth-order valence-electron chi connectivity index (χ4n) is 2.85. The minimum absolute atomic E-state index is 0.0124. The van der Waals surface area contributed by atoms with E-state index in [1.807, 2.05) is 0 Å². The highest BCUT2D eigenvalue weighted by atomic mass is 32.2. The number of furan rings is 1. The molecule has 1 amide bonds. The van der Waals surface area contributed by atoms with E-state index >= 15 is 0 Å². The molecule has 1 N–H and O–H groups in total. The van der Waals surface area contributed by atoms with Crippen molar-refractivity contribution in [2.24, 2.45) is 9.39 Å². The summed E-state index contributed by atoms with van der Waals surface area (Å²) in [7, 11) is -2.43. The van der Waals surface area contributed by atoms with Gasteiger partial charge < -0.3 is 9.15 Å². The van der Waals surface area contributed by atoms with Crippen molar-refractivity contribution in [2.45, 2.75) is 0 Å². The Morgan fingerprint density at radius 1 is 1.23 bits per heavy atom. The van der Waals surface area contributed by atoms with Gasteiger partial charge in [-0.05, 0) is 30.3 Å². The maximum Gasteiger partial charge on any atom is 0.337 e. The summed E-state index contributed by atoms with van der Waals surface area (Å²) in [5.41, 5.74) is 0.941. The number of hydrogen-bond donors (Lipinski definition) is 1. The quantitative estimate of drug-likeness (QED) is 0.419. The topological polar surface area (TPSA) is 142 Å². The Bertz CT molecular complexity index is 1320. The Hall–Kier alpha value is -3.51. The van der Waals surface area contributed by atoms with Gasteiger partial charge in [-0.2, -0.15) is 9.39 Å². The van der Waals surface area contributed by atoms with Crippen LogP contribution in [0.15, 0.2) is 55.8 Å². The van der Waals surface area contributed by atoms with Gasteiger partial charge in [0.15, 0.2) is 0 Å². The van der Waals surface area contributed by atoms with Crippen LogP contribution in [0.1, 0.15) is 16.1 Å². The number of ether oxygens (including phenoxy) is 1. The van der Waals surface area contributed by atoms with Gasteiger partial charge in [-0.1, -0.05) is 12.1 Å². The second kappa shape index (κ2) is 7.63. The highest BCUT2D eigenvalue weighted by Gasteiger charge is 2.41. The number of hydrogen-bond acceptors (Lipinski definition) is 9. The van der Waals surface area contributed by atoms with E-state index in [2.05, 4.69) is 14.1 Å². The smallest absolute Gasteiger partial charge is 0.337 e. The van der Waals surface area contributed by atoms with Gasteiger partial charge in [-0.15, -0.1) is 0 Å². The first-order valence-corrected chi connectivity index (χ1v) is 11.3. The fourth-order valence-corrected chi connectivity index (χ4v) is 4.70. The molecule has 2 aliphatic rings. The second-order valence-electron chi connectivity index (χ2n) is 6.45. The number of amidine groups is 3.